The summed E-state index contributed by atoms with van der Waals surface area (Å²) in [7, 11) is -2.42. The number of fused-ring (bicyclic) bond motifs is 1. The van der Waals surface area contributed by atoms with Crippen LogP contribution in [0, 0.1) is 23.7 Å². The van der Waals surface area contributed by atoms with Crippen LogP contribution in [-0.4, -0.2) is 50.4 Å². The number of para-hydroxylation sites is 1. The zero-order valence-corrected chi connectivity index (χ0v) is 44.6. The molecule has 1 fully saturated rings. The van der Waals surface area contributed by atoms with E-state index >= 15 is 0 Å². The Kier molecular flexibility index (Phi) is 16.0. The maximum Gasteiger partial charge on any atom is 0.415 e. The molecule has 0 aliphatic heterocycles. The van der Waals surface area contributed by atoms with Gasteiger partial charge in [0.1, 0.15) is 22.9 Å². The van der Waals surface area contributed by atoms with Gasteiger partial charge in [0.25, 0.3) is 15.9 Å². The molecule has 8 rings (SSSR count). The molecule has 6 aromatic carbocycles. The van der Waals surface area contributed by atoms with Gasteiger partial charge in [-0.1, -0.05) is 114 Å². The van der Waals surface area contributed by atoms with Crippen LogP contribution in [-0.2, 0) is 31.4 Å². The highest BCUT2D eigenvalue weighted by Gasteiger charge is 2.37. The smallest absolute Gasteiger partial charge is 0.415 e. The molecule has 1 atom stereocenters. The number of carbonyl (C=O) groups is 3. The van der Waals surface area contributed by atoms with E-state index in [1.165, 1.54) is 36.3 Å². The normalized spacial score (nSPS) is 13.7. The second kappa shape index (κ2) is 22.4. The summed E-state index contributed by atoms with van der Waals surface area (Å²) in [5, 5.41) is 13.3. The first kappa shape index (κ1) is 53.6. The number of nitrogens with one attached hydrogen (secondary N) is 2. The average Bonchev–Trinajstić information content (AvgIpc) is 4.07. The van der Waals surface area contributed by atoms with Crippen molar-refractivity contribution in [2.75, 3.05) is 22.0 Å². The number of oxazole rings is 1. The maximum atomic E-state index is 14.7. The number of benzene rings is 6. The number of methoxy groups -OCH3 is 1. The van der Waals surface area contributed by atoms with E-state index in [2.05, 4.69) is 56.8 Å². The molecular weight excluding hydrogens is 986 g/mol. The Bertz CT molecular complexity index is 3440. The van der Waals surface area contributed by atoms with Gasteiger partial charge >= 0.3 is 6.09 Å². The molecule has 13 nitrogen and oxygen atoms in total. The van der Waals surface area contributed by atoms with Crippen molar-refractivity contribution in [3.8, 4) is 11.8 Å². The van der Waals surface area contributed by atoms with Crippen molar-refractivity contribution in [3.05, 3.63) is 178 Å². The van der Waals surface area contributed by atoms with Crippen LogP contribution in [0.4, 0.5) is 21.9 Å². The van der Waals surface area contributed by atoms with Crippen LogP contribution in [0.3, 0.4) is 0 Å². The quantitative estimate of drug-likeness (QED) is 0.0506. The van der Waals surface area contributed by atoms with Crippen LogP contribution in [0.1, 0.15) is 111 Å². The fraction of sp³-hybridized carbons (Fsp3) is 0.283. The molecule has 2 amide bonds. The molecule has 1 heterocycles. The predicted molar refractivity (Wildman–Crippen MR) is 295 cm³/mol. The molecule has 0 saturated heterocycles. The average molecular weight is 1050 g/mol. The highest BCUT2D eigenvalue weighted by atomic mass is 35.5. The summed E-state index contributed by atoms with van der Waals surface area (Å²) in [6.45, 7) is 13.0. The Morgan fingerprint density at radius 2 is 1.59 bits per heavy atom. The first-order chi connectivity index (χ1) is 35.7. The van der Waals surface area contributed by atoms with Gasteiger partial charge in [-0.05, 0) is 156 Å². The number of rotatable bonds is 17. The van der Waals surface area contributed by atoms with Crippen molar-refractivity contribution in [1.29, 1.82) is 5.26 Å². The fourth-order valence-electron chi connectivity index (χ4n) is 9.85. The number of allylic oxidation sites excluding steroid dienone is 1. The van der Waals surface area contributed by atoms with E-state index in [4.69, 9.17) is 30.5 Å². The Morgan fingerprint density at radius 3 is 2.27 bits per heavy atom. The SMILES string of the molecule is COc1ccc(C(=O)C(OC(=O)N(c2ccc(/C=C(\C#N)c3nc4cc(C(C)(C)CC(C)(C)C)ccc4o3)c(C)c2)C2CCCC2)C(=O)Nc2cc(Cc3ccccc3NS(=O)(=O)c3ccccc3)ccc2Cl)cc1. The van der Waals surface area contributed by atoms with Crippen LogP contribution in [0.15, 0.2) is 143 Å². The van der Waals surface area contributed by atoms with Gasteiger partial charge in [0, 0.05) is 17.3 Å². The van der Waals surface area contributed by atoms with Crippen LogP contribution < -0.4 is 19.7 Å². The van der Waals surface area contributed by atoms with Crippen LogP contribution in [0.2, 0.25) is 5.02 Å². The maximum absolute atomic E-state index is 14.7. The molecule has 1 unspecified atom stereocenters. The number of carbonyl (C=O) groups excluding carboxylic acids is 3. The predicted octanol–water partition coefficient (Wildman–Crippen LogP) is 13.7. The third kappa shape index (κ3) is 12.8. The van der Waals surface area contributed by atoms with Gasteiger partial charge in [0.2, 0.25) is 17.8 Å². The third-order valence-electron chi connectivity index (χ3n) is 13.3. The minimum Gasteiger partial charge on any atom is -0.497 e. The molecule has 0 bridgehead atoms. The number of aryl methyl sites for hydroxylation is 1. The lowest BCUT2D eigenvalue weighted by molar-refractivity contribution is -0.122. The Morgan fingerprint density at radius 1 is 0.880 bits per heavy atom. The second-order valence-corrected chi connectivity index (χ2v) is 22.8. The molecule has 386 valence electrons. The number of hydrogen-bond donors (Lipinski definition) is 2. The molecule has 0 radical (unpaired) electrons. The standard InChI is InChI=1S/C60H60ClN5O8S/c1-38-31-46(26-22-41(38)34-43(36-62)57-64-52-35-44(25-30-53(52)73-57)60(5,6)37-59(2,3)4)66(45-16-12-13-17-45)58(69)74-55(54(67)40-23-27-47(72-7)28-24-40)56(68)63-51-33-39(21-29-49(51)61)32-42-15-11-14-20-50(42)65-75(70,71)48-18-9-8-10-19-48/h8-11,14-15,18-31,33-35,45,55,65H,12-13,16-17,32,37H2,1-7H3,(H,63,68)/b43-34+. The minimum atomic E-state index is -3.90. The first-order valence-electron chi connectivity index (χ1n) is 24.8. The molecule has 2 N–H and O–H groups in total. The number of amides is 2. The zero-order chi connectivity index (χ0) is 53.7. The summed E-state index contributed by atoms with van der Waals surface area (Å²) >= 11 is 6.69. The van der Waals surface area contributed by atoms with E-state index < -0.39 is 33.9 Å². The van der Waals surface area contributed by atoms with E-state index in [0.29, 0.717) is 57.8 Å². The number of anilines is 3. The van der Waals surface area contributed by atoms with E-state index in [1.807, 2.05) is 25.1 Å². The topological polar surface area (TPSA) is 181 Å². The molecule has 7 aromatic rings. The molecule has 75 heavy (non-hydrogen) atoms. The van der Waals surface area contributed by atoms with Crippen molar-refractivity contribution in [1.82, 2.24) is 4.98 Å². The molecule has 15 heteroatoms. The van der Waals surface area contributed by atoms with Gasteiger partial charge in [-0.25, -0.2) is 18.2 Å². The van der Waals surface area contributed by atoms with Crippen LogP contribution in [0.5, 0.6) is 5.75 Å². The number of sulfonamides is 1. The van der Waals surface area contributed by atoms with Gasteiger partial charge in [-0.3, -0.25) is 19.2 Å². The van der Waals surface area contributed by atoms with Gasteiger partial charge < -0.3 is 19.2 Å². The third-order valence-corrected chi connectivity index (χ3v) is 15.0. The summed E-state index contributed by atoms with van der Waals surface area (Å²) in [5.41, 5.74) is 6.34. The fourth-order valence-corrected chi connectivity index (χ4v) is 11.1. The second-order valence-electron chi connectivity index (χ2n) is 20.8. The van der Waals surface area contributed by atoms with Gasteiger partial charge in [0.15, 0.2) is 5.58 Å². The molecule has 1 saturated carbocycles. The first-order valence-corrected chi connectivity index (χ1v) is 26.6. The van der Waals surface area contributed by atoms with Crippen LogP contribution >= 0.6 is 11.6 Å². The number of halogens is 1. The highest BCUT2D eigenvalue weighted by molar-refractivity contribution is 7.92. The number of ketones is 1. The monoisotopic (exact) mass is 1050 g/mol. The van der Waals surface area contributed by atoms with E-state index in [0.717, 1.165) is 30.4 Å². The van der Waals surface area contributed by atoms with Crippen LogP contribution in [0.25, 0.3) is 22.7 Å². The summed E-state index contributed by atoms with van der Waals surface area (Å²) in [5.74, 6) is -1.07. The number of aromatic nitrogens is 1. The Labute approximate surface area is 443 Å². The molecular formula is C60H60ClN5O8S. The van der Waals surface area contributed by atoms with E-state index in [9.17, 15) is 28.1 Å². The number of ether oxygens (including phenoxy) is 2. The lowest BCUT2D eigenvalue weighted by Gasteiger charge is -2.32. The molecule has 1 aliphatic rings. The number of nitrogens with zero attached hydrogens (tertiary/aromatic N) is 3. The minimum absolute atomic E-state index is 0.0922. The molecule has 1 aliphatic carbocycles. The highest BCUT2D eigenvalue weighted by Crippen LogP contribution is 2.38. The van der Waals surface area contributed by atoms with Crippen molar-refractivity contribution >= 4 is 79.2 Å². The number of nitriles is 1. The summed E-state index contributed by atoms with van der Waals surface area (Å²) in [6, 6.07) is 39.3. The van der Waals surface area contributed by atoms with Crippen molar-refractivity contribution in [3.63, 3.8) is 0 Å². The summed E-state index contributed by atoms with van der Waals surface area (Å²) in [4.78, 5) is 50.0. The lowest BCUT2D eigenvalue weighted by Crippen LogP contribution is -2.46. The van der Waals surface area contributed by atoms with E-state index in [-0.39, 0.29) is 55.9 Å². The Balaban J connectivity index is 1.06. The largest absolute Gasteiger partial charge is 0.497 e. The van der Waals surface area contributed by atoms with Crippen molar-refractivity contribution in [2.24, 2.45) is 5.41 Å². The van der Waals surface area contributed by atoms with Gasteiger partial charge in [0.05, 0.1) is 28.4 Å². The number of hydrogen-bond acceptors (Lipinski definition) is 10. The zero-order valence-electron chi connectivity index (χ0n) is 43.1. The summed E-state index contributed by atoms with van der Waals surface area (Å²) in [6.07, 6.45) is 3.03. The molecule has 1 aromatic heterocycles. The summed E-state index contributed by atoms with van der Waals surface area (Å²) < 4.78 is 46.7. The van der Waals surface area contributed by atoms with E-state index in [1.54, 1.807) is 91.0 Å². The lowest BCUT2D eigenvalue weighted by atomic mass is 9.72. The Hall–Kier alpha value is -7.73. The van der Waals surface area contributed by atoms with Crippen molar-refractivity contribution < 1.29 is 36.7 Å². The molecule has 0 spiro atoms. The number of Topliss-reactive ketones (excluding diaryl/α,β-unsaturated/α-hetero) is 1. The van der Waals surface area contributed by atoms with Crippen molar-refractivity contribution in [2.45, 2.75) is 103 Å². The van der Waals surface area contributed by atoms with Gasteiger partial charge in [-0.2, -0.15) is 5.26 Å². The van der Waals surface area contributed by atoms with Gasteiger partial charge in [-0.15, -0.1) is 0 Å².